The van der Waals surface area contributed by atoms with Gasteiger partial charge in [-0.25, -0.2) is 14.8 Å². The van der Waals surface area contributed by atoms with Gasteiger partial charge in [-0.05, 0) is 44.2 Å². The number of carboxylic acid groups (broad SMARTS) is 1. The van der Waals surface area contributed by atoms with Gasteiger partial charge in [0.25, 0.3) is 0 Å². The first-order chi connectivity index (χ1) is 18.4. The number of carbonyl (C=O) groups is 1. The average molecular weight is 571 g/mol. The molecule has 0 radical (unpaired) electrons. The molecular formula is C26H22N2O9S2. The molecule has 0 amide bonds. The fourth-order valence-electron chi connectivity index (χ4n) is 3.30. The van der Waals surface area contributed by atoms with Crippen molar-refractivity contribution in [2.45, 2.75) is 30.2 Å². The van der Waals surface area contributed by atoms with E-state index in [1.807, 2.05) is 0 Å². The van der Waals surface area contributed by atoms with E-state index < -0.39 is 49.0 Å². The highest BCUT2D eigenvalue weighted by Crippen LogP contribution is 2.37. The van der Waals surface area contributed by atoms with Gasteiger partial charge < -0.3 is 18.2 Å². The maximum absolute atomic E-state index is 13.0. The number of aryl methyl sites for hydroxylation is 2. The Morgan fingerprint density at radius 3 is 1.77 bits per heavy atom. The minimum atomic E-state index is -4.54. The lowest BCUT2D eigenvalue weighted by atomic mass is 10.1. The topological polar surface area (TPSA) is 159 Å². The van der Waals surface area contributed by atoms with Gasteiger partial charge in [-0.1, -0.05) is 35.4 Å². The minimum Gasteiger partial charge on any atom is -0.484 e. The van der Waals surface area contributed by atoms with E-state index in [0.717, 1.165) is 23.3 Å². The Morgan fingerprint density at radius 2 is 1.26 bits per heavy atom. The Balaban J connectivity index is 1.79. The molecule has 4 rings (SSSR count). The molecule has 0 fully saturated rings. The Kier molecular flexibility index (Phi) is 7.83. The molecule has 0 saturated heterocycles. The monoisotopic (exact) mass is 570 g/mol. The van der Waals surface area contributed by atoms with Crippen LogP contribution in [0.3, 0.4) is 0 Å². The van der Waals surface area contributed by atoms with Crippen LogP contribution in [0, 0.1) is 13.8 Å². The first kappa shape index (κ1) is 27.5. The number of rotatable bonds is 10. The molecule has 1 N–H and O–H groups in total. The summed E-state index contributed by atoms with van der Waals surface area (Å²) in [5.74, 6) is -3.01. The molecule has 0 unspecified atom stereocenters. The summed E-state index contributed by atoms with van der Waals surface area (Å²) in [6.45, 7) is 3.22. The molecule has 0 bridgehead atoms. The van der Waals surface area contributed by atoms with Gasteiger partial charge in [0.15, 0.2) is 11.6 Å². The van der Waals surface area contributed by atoms with Gasteiger partial charge in [0, 0.05) is 24.5 Å². The molecule has 1 aromatic heterocycles. The Morgan fingerprint density at radius 1 is 0.769 bits per heavy atom. The van der Waals surface area contributed by atoms with Gasteiger partial charge >= 0.3 is 26.2 Å². The van der Waals surface area contributed by atoms with E-state index >= 15 is 0 Å². The van der Waals surface area contributed by atoms with E-state index in [9.17, 15) is 26.7 Å². The van der Waals surface area contributed by atoms with Gasteiger partial charge in [-0.15, -0.1) is 0 Å². The predicted molar refractivity (Wildman–Crippen MR) is 138 cm³/mol. The van der Waals surface area contributed by atoms with Crippen molar-refractivity contribution in [2.24, 2.45) is 0 Å². The molecule has 0 aliphatic carbocycles. The number of nitrogens with zero attached hydrogens (tertiary/aromatic N) is 2. The second-order valence-electron chi connectivity index (χ2n) is 8.25. The SMILES string of the molecule is Cc1ccc(S(=O)(=O)Oc2cc(OCc3ncccn3)c(C(=O)O)c(OS(=O)(=O)c3ccc(C)cc3)c2)cc1. The molecule has 39 heavy (non-hydrogen) atoms. The van der Waals surface area contributed by atoms with Crippen LogP contribution in [0.4, 0.5) is 0 Å². The number of ether oxygens (including phenoxy) is 1. The van der Waals surface area contributed by atoms with Crippen molar-refractivity contribution in [3.63, 3.8) is 0 Å². The van der Waals surface area contributed by atoms with Crippen LogP contribution in [0.5, 0.6) is 17.2 Å². The molecule has 13 heteroatoms. The number of aromatic carboxylic acids is 1. The summed E-state index contributed by atoms with van der Waals surface area (Å²) in [7, 11) is -8.93. The molecule has 0 saturated carbocycles. The highest BCUT2D eigenvalue weighted by Gasteiger charge is 2.28. The lowest BCUT2D eigenvalue weighted by Crippen LogP contribution is -2.15. The molecular weight excluding hydrogens is 548 g/mol. The zero-order valence-corrected chi connectivity index (χ0v) is 22.3. The second-order valence-corrected chi connectivity index (χ2v) is 11.3. The first-order valence-corrected chi connectivity index (χ1v) is 14.1. The molecule has 0 atom stereocenters. The van der Waals surface area contributed by atoms with Crippen LogP contribution >= 0.6 is 0 Å². The third-order valence-corrected chi connectivity index (χ3v) is 7.76. The smallest absolute Gasteiger partial charge is 0.343 e. The van der Waals surface area contributed by atoms with Crippen molar-refractivity contribution in [3.05, 3.63) is 102 Å². The van der Waals surface area contributed by atoms with E-state index in [1.165, 1.54) is 48.8 Å². The Labute approximate surface area is 224 Å². The average Bonchev–Trinajstić information content (AvgIpc) is 2.87. The van der Waals surface area contributed by atoms with Gasteiger partial charge in [0.05, 0.1) is 0 Å². The number of aromatic nitrogens is 2. The van der Waals surface area contributed by atoms with Crippen LogP contribution in [0.25, 0.3) is 0 Å². The van der Waals surface area contributed by atoms with E-state index in [-0.39, 0.29) is 22.2 Å². The van der Waals surface area contributed by atoms with Crippen molar-refractivity contribution in [1.29, 1.82) is 0 Å². The van der Waals surface area contributed by atoms with Crippen LogP contribution in [-0.2, 0) is 26.8 Å². The molecule has 0 aliphatic heterocycles. The number of benzene rings is 3. The van der Waals surface area contributed by atoms with E-state index in [0.29, 0.717) is 0 Å². The molecule has 4 aromatic rings. The Hall–Kier alpha value is -4.49. The fourth-order valence-corrected chi connectivity index (χ4v) is 5.15. The number of hydrogen-bond donors (Lipinski definition) is 1. The summed E-state index contributed by atoms with van der Waals surface area (Å²) in [6.07, 6.45) is 2.89. The van der Waals surface area contributed by atoms with Crippen LogP contribution in [0.2, 0.25) is 0 Å². The standard InChI is InChI=1S/C26H22N2O9S2/c1-17-4-8-20(9-5-17)38(31,32)36-19-14-22(35-16-24-27-12-3-13-28-24)25(26(29)30)23(15-19)37-39(33,34)21-10-6-18(2)7-11-21/h3-15H,16H2,1-2H3,(H,29,30). The summed E-state index contributed by atoms with van der Waals surface area (Å²) in [5.41, 5.74) is 0.924. The summed E-state index contributed by atoms with van der Waals surface area (Å²) in [6, 6.07) is 14.9. The van der Waals surface area contributed by atoms with E-state index in [4.69, 9.17) is 13.1 Å². The summed E-state index contributed by atoms with van der Waals surface area (Å²) in [5, 5.41) is 9.93. The Bertz CT molecular complexity index is 1710. The van der Waals surface area contributed by atoms with E-state index in [2.05, 4.69) is 9.97 Å². The molecule has 0 aliphatic rings. The first-order valence-electron chi connectivity index (χ1n) is 11.3. The van der Waals surface area contributed by atoms with Gasteiger partial charge in [0.2, 0.25) is 0 Å². The summed E-state index contributed by atoms with van der Waals surface area (Å²) in [4.78, 5) is 19.8. The van der Waals surface area contributed by atoms with Crippen LogP contribution in [0.1, 0.15) is 27.3 Å². The maximum atomic E-state index is 13.0. The van der Waals surface area contributed by atoms with Crippen molar-refractivity contribution in [1.82, 2.24) is 9.97 Å². The highest BCUT2D eigenvalue weighted by molar-refractivity contribution is 7.87. The van der Waals surface area contributed by atoms with Gasteiger partial charge in [-0.3, -0.25) is 0 Å². The van der Waals surface area contributed by atoms with Gasteiger partial charge in [-0.2, -0.15) is 16.8 Å². The zero-order chi connectivity index (χ0) is 28.2. The van der Waals surface area contributed by atoms with Crippen molar-refractivity contribution in [3.8, 4) is 17.2 Å². The molecule has 202 valence electrons. The number of carboxylic acids is 1. The van der Waals surface area contributed by atoms with Crippen molar-refractivity contribution < 1.29 is 39.8 Å². The largest absolute Gasteiger partial charge is 0.484 e. The maximum Gasteiger partial charge on any atom is 0.343 e. The quantitative estimate of drug-likeness (QED) is 0.275. The van der Waals surface area contributed by atoms with Crippen molar-refractivity contribution >= 4 is 26.2 Å². The molecule has 11 nitrogen and oxygen atoms in total. The highest BCUT2D eigenvalue weighted by atomic mass is 32.2. The van der Waals surface area contributed by atoms with E-state index in [1.54, 1.807) is 32.0 Å². The summed E-state index contributed by atoms with van der Waals surface area (Å²) >= 11 is 0. The minimum absolute atomic E-state index is 0.176. The lowest BCUT2D eigenvalue weighted by molar-refractivity contribution is 0.0689. The van der Waals surface area contributed by atoms with Crippen LogP contribution in [0.15, 0.2) is 88.9 Å². The van der Waals surface area contributed by atoms with Crippen LogP contribution in [-0.4, -0.2) is 37.9 Å². The van der Waals surface area contributed by atoms with Gasteiger partial charge in [0.1, 0.15) is 33.5 Å². The third-order valence-electron chi connectivity index (χ3n) is 5.25. The normalized spacial score (nSPS) is 11.5. The van der Waals surface area contributed by atoms with Crippen molar-refractivity contribution in [2.75, 3.05) is 0 Å². The second kappa shape index (κ2) is 11.1. The fraction of sp³-hybridized carbons (Fsp3) is 0.115. The molecule has 3 aromatic carbocycles. The molecule has 0 spiro atoms. The van der Waals surface area contributed by atoms with Crippen LogP contribution < -0.4 is 13.1 Å². The summed E-state index contributed by atoms with van der Waals surface area (Å²) < 4.78 is 67.8. The zero-order valence-electron chi connectivity index (χ0n) is 20.6. The lowest BCUT2D eigenvalue weighted by Gasteiger charge is -2.16. The predicted octanol–water partition coefficient (Wildman–Crippen LogP) is 3.91. The number of hydrogen-bond acceptors (Lipinski definition) is 10. The molecule has 1 heterocycles. The third kappa shape index (κ3) is 6.69.